The minimum absolute atomic E-state index is 0.0349. The molecule has 0 spiro atoms. The van der Waals surface area contributed by atoms with Crippen LogP contribution in [0, 0.1) is 0 Å². The van der Waals surface area contributed by atoms with Crippen LogP contribution < -0.4 is 20.7 Å². The van der Waals surface area contributed by atoms with Gasteiger partial charge >= 0.3 is 0 Å². The fourth-order valence-corrected chi connectivity index (χ4v) is 3.07. The zero-order chi connectivity index (χ0) is 18.4. The zero-order valence-corrected chi connectivity index (χ0v) is 15.8. The molecule has 2 aromatic carbocycles. The van der Waals surface area contributed by atoms with Gasteiger partial charge in [0.1, 0.15) is 0 Å². The molecule has 0 amide bonds. The van der Waals surface area contributed by atoms with E-state index in [9.17, 15) is 8.42 Å². The summed E-state index contributed by atoms with van der Waals surface area (Å²) in [5, 5.41) is 11.8. The monoisotopic (exact) mass is 378 g/mol. The number of sulfonamides is 1. The molecule has 4 N–H and O–H groups in total. The van der Waals surface area contributed by atoms with Crippen LogP contribution in [-0.4, -0.2) is 34.2 Å². The third kappa shape index (κ3) is 5.70. The van der Waals surface area contributed by atoms with Crippen molar-refractivity contribution >= 4 is 38.7 Å². The van der Waals surface area contributed by atoms with Crippen LogP contribution >= 0.6 is 12.2 Å². The highest BCUT2D eigenvalue weighted by molar-refractivity contribution is 7.89. The van der Waals surface area contributed by atoms with Crippen LogP contribution in [0.5, 0.6) is 0 Å². The largest absolute Gasteiger partial charge is 0.376 e. The maximum atomic E-state index is 11.6. The Morgan fingerprint density at radius 3 is 2.44 bits per heavy atom. The summed E-state index contributed by atoms with van der Waals surface area (Å²) in [7, 11) is -0.0506. The van der Waals surface area contributed by atoms with E-state index in [4.69, 9.17) is 17.4 Å². The Hall–Kier alpha value is -2.16. The summed E-state index contributed by atoms with van der Waals surface area (Å²) in [4.78, 5) is 1.90. The minimum atomic E-state index is -3.78. The third-order valence-electron chi connectivity index (χ3n) is 3.57. The lowest BCUT2D eigenvalue weighted by atomic mass is 10.1. The lowest BCUT2D eigenvalue weighted by Gasteiger charge is -2.20. The van der Waals surface area contributed by atoms with Crippen LogP contribution in [0.3, 0.4) is 0 Å². The van der Waals surface area contributed by atoms with E-state index in [1.807, 2.05) is 37.2 Å². The highest BCUT2D eigenvalue weighted by Crippen LogP contribution is 2.27. The molecular weight excluding hydrogens is 356 g/mol. The van der Waals surface area contributed by atoms with Gasteiger partial charge in [0.25, 0.3) is 0 Å². The highest BCUT2D eigenvalue weighted by Gasteiger charge is 2.13. The van der Waals surface area contributed by atoms with E-state index in [2.05, 4.69) is 22.8 Å². The normalized spacial score (nSPS) is 11.0. The predicted molar refractivity (Wildman–Crippen MR) is 107 cm³/mol. The Kier molecular flexibility index (Phi) is 6.35. The molecule has 0 atom stereocenters. The van der Waals surface area contributed by atoms with Crippen molar-refractivity contribution in [1.29, 1.82) is 0 Å². The van der Waals surface area contributed by atoms with Gasteiger partial charge in [-0.3, -0.25) is 0 Å². The van der Waals surface area contributed by atoms with E-state index < -0.39 is 10.0 Å². The molecule has 2 rings (SSSR count). The maximum absolute atomic E-state index is 11.6. The van der Waals surface area contributed by atoms with Gasteiger partial charge in [-0.15, -0.1) is 0 Å². The van der Waals surface area contributed by atoms with Crippen LogP contribution in [0.2, 0.25) is 0 Å². The average Bonchev–Trinajstić information content (AvgIpc) is 2.54. The third-order valence-corrected chi connectivity index (χ3v) is 4.73. The van der Waals surface area contributed by atoms with Gasteiger partial charge in [-0.05, 0) is 42.4 Å². The van der Waals surface area contributed by atoms with Crippen molar-refractivity contribution in [3.8, 4) is 0 Å². The van der Waals surface area contributed by atoms with Crippen LogP contribution in [0.4, 0.5) is 11.4 Å². The smallest absolute Gasteiger partial charge is 0.238 e. The van der Waals surface area contributed by atoms with Crippen molar-refractivity contribution in [2.75, 3.05) is 30.9 Å². The predicted octanol–water partition coefficient (Wildman–Crippen LogP) is 1.93. The molecule has 0 heterocycles. The van der Waals surface area contributed by atoms with Gasteiger partial charge in [-0.2, -0.15) is 0 Å². The molecule has 0 aromatic heterocycles. The fraction of sp³-hybridized carbons (Fsp3) is 0.235. The minimum Gasteiger partial charge on any atom is -0.376 e. The fourth-order valence-electron chi connectivity index (χ4n) is 2.31. The lowest BCUT2D eigenvalue weighted by molar-refractivity contribution is 0.598. The maximum Gasteiger partial charge on any atom is 0.238 e. The van der Waals surface area contributed by atoms with Crippen molar-refractivity contribution in [3.05, 3.63) is 54.1 Å². The molecular formula is C17H22N4O2S2. The number of primary sulfonamides is 1. The van der Waals surface area contributed by atoms with Gasteiger partial charge in [0.15, 0.2) is 5.11 Å². The average molecular weight is 379 g/mol. The van der Waals surface area contributed by atoms with Gasteiger partial charge in [-0.25, -0.2) is 13.6 Å². The Bertz CT molecular complexity index is 837. The zero-order valence-electron chi connectivity index (χ0n) is 14.2. The second-order valence-corrected chi connectivity index (χ2v) is 7.70. The molecule has 134 valence electrons. The van der Waals surface area contributed by atoms with Gasteiger partial charge in [0, 0.05) is 20.6 Å². The molecule has 0 unspecified atom stereocenters. The topological polar surface area (TPSA) is 87.5 Å². The van der Waals surface area contributed by atoms with E-state index in [0.29, 0.717) is 17.3 Å². The van der Waals surface area contributed by atoms with Crippen molar-refractivity contribution < 1.29 is 8.42 Å². The number of thiocarbonyl (C=S) groups is 1. The van der Waals surface area contributed by atoms with Crippen molar-refractivity contribution in [3.63, 3.8) is 0 Å². The summed E-state index contributed by atoms with van der Waals surface area (Å²) in [5.74, 6) is 0. The summed E-state index contributed by atoms with van der Waals surface area (Å²) in [5.41, 5.74) is 2.59. The van der Waals surface area contributed by atoms with Crippen molar-refractivity contribution in [2.24, 2.45) is 5.14 Å². The van der Waals surface area contributed by atoms with E-state index in [1.54, 1.807) is 6.07 Å². The molecule has 0 radical (unpaired) electrons. The number of hydrogen-bond donors (Lipinski definition) is 3. The first-order chi connectivity index (χ1) is 11.8. The van der Waals surface area contributed by atoms with Crippen LogP contribution in [-0.2, 0) is 16.4 Å². The first-order valence-electron chi connectivity index (χ1n) is 7.70. The number of nitrogens with two attached hydrogens (primary N) is 1. The summed E-state index contributed by atoms with van der Waals surface area (Å²) >= 11 is 5.31. The molecule has 0 saturated carbocycles. The SMILES string of the molecule is CN(C)c1ccc(S(N)(=O)=O)cc1NC(=S)NCCc1ccccc1. The van der Waals surface area contributed by atoms with Gasteiger partial charge in [0.2, 0.25) is 10.0 Å². The molecule has 2 aromatic rings. The highest BCUT2D eigenvalue weighted by atomic mass is 32.2. The first kappa shape index (κ1) is 19.2. The number of hydrogen-bond acceptors (Lipinski definition) is 4. The molecule has 0 saturated heterocycles. The number of anilines is 2. The number of benzene rings is 2. The van der Waals surface area contributed by atoms with E-state index in [0.717, 1.165) is 12.1 Å². The molecule has 25 heavy (non-hydrogen) atoms. The molecule has 0 fully saturated rings. The molecule has 0 bridgehead atoms. The van der Waals surface area contributed by atoms with Gasteiger partial charge in [0.05, 0.1) is 16.3 Å². The van der Waals surface area contributed by atoms with Crippen molar-refractivity contribution in [1.82, 2.24) is 5.32 Å². The second-order valence-electron chi connectivity index (χ2n) is 5.73. The number of rotatable bonds is 6. The molecule has 0 aliphatic rings. The summed E-state index contributed by atoms with van der Waals surface area (Å²) in [6.07, 6.45) is 0.834. The first-order valence-corrected chi connectivity index (χ1v) is 9.66. The molecule has 6 nitrogen and oxygen atoms in total. The lowest BCUT2D eigenvalue weighted by Crippen LogP contribution is -2.31. The van der Waals surface area contributed by atoms with Gasteiger partial charge < -0.3 is 15.5 Å². The van der Waals surface area contributed by atoms with Gasteiger partial charge in [-0.1, -0.05) is 30.3 Å². The van der Waals surface area contributed by atoms with Crippen LogP contribution in [0.25, 0.3) is 0 Å². The Labute approximate surface area is 154 Å². The standard InChI is InChI=1S/C17H22N4O2S2/c1-21(2)16-9-8-14(25(18,22)23)12-15(16)20-17(24)19-11-10-13-6-4-3-5-7-13/h3-9,12H,10-11H2,1-2H3,(H2,18,22,23)(H2,19,20,24). The number of nitrogens with zero attached hydrogens (tertiary/aromatic N) is 1. The quantitative estimate of drug-likeness (QED) is 0.666. The van der Waals surface area contributed by atoms with E-state index in [1.165, 1.54) is 17.7 Å². The molecule has 8 heteroatoms. The Morgan fingerprint density at radius 1 is 1.16 bits per heavy atom. The van der Waals surface area contributed by atoms with Crippen molar-refractivity contribution in [2.45, 2.75) is 11.3 Å². The van der Waals surface area contributed by atoms with Crippen LogP contribution in [0.15, 0.2) is 53.4 Å². The Morgan fingerprint density at radius 2 is 1.84 bits per heavy atom. The molecule has 0 aliphatic heterocycles. The number of nitrogens with one attached hydrogen (secondary N) is 2. The van der Waals surface area contributed by atoms with E-state index >= 15 is 0 Å². The van der Waals surface area contributed by atoms with Crippen LogP contribution in [0.1, 0.15) is 5.56 Å². The second kappa shape index (κ2) is 8.28. The summed E-state index contributed by atoms with van der Waals surface area (Å²) in [6, 6.07) is 14.7. The summed E-state index contributed by atoms with van der Waals surface area (Å²) in [6.45, 7) is 0.669. The summed E-state index contributed by atoms with van der Waals surface area (Å²) < 4.78 is 23.1. The Balaban J connectivity index is 2.05. The van der Waals surface area contributed by atoms with E-state index in [-0.39, 0.29) is 4.90 Å². The molecule has 0 aliphatic carbocycles.